The molecule has 1 N–H and O–H groups in total. The number of hydrogen-bond donors (Lipinski definition) is 1. The van der Waals surface area contributed by atoms with Gasteiger partial charge in [-0.1, -0.05) is 6.07 Å². The van der Waals surface area contributed by atoms with Gasteiger partial charge in [-0.2, -0.15) is 4.31 Å². The van der Waals surface area contributed by atoms with Crippen molar-refractivity contribution in [1.82, 2.24) is 4.31 Å². The van der Waals surface area contributed by atoms with Crippen LogP contribution < -0.4 is 10.2 Å². The third-order valence-corrected chi connectivity index (χ3v) is 9.31. The summed E-state index contributed by atoms with van der Waals surface area (Å²) in [4.78, 5) is 27.3. The molecule has 0 saturated carbocycles. The first-order valence-electron chi connectivity index (χ1n) is 10.7. The molecule has 1 amide bonds. The van der Waals surface area contributed by atoms with Gasteiger partial charge in [-0.25, -0.2) is 13.2 Å². The van der Waals surface area contributed by atoms with Crippen molar-refractivity contribution < 1.29 is 22.7 Å². The molecule has 0 unspecified atom stereocenters. The minimum atomic E-state index is -3.50. The summed E-state index contributed by atoms with van der Waals surface area (Å²) < 4.78 is 32.1. The van der Waals surface area contributed by atoms with Gasteiger partial charge < -0.3 is 15.0 Å². The van der Waals surface area contributed by atoms with Gasteiger partial charge in [-0.05, 0) is 55.3 Å². The molecule has 2 aromatic rings. The van der Waals surface area contributed by atoms with E-state index in [4.69, 9.17) is 4.74 Å². The van der Waals surface area contributed by atoms with E-state index in [2.05, 4.69) is 10.2 Å². The van der Waals surface area contributed by atoms with Gasteiger partial charge in [-0.3, -0.25) is 4.79 Å². The summed E-state index contributed by atoms with van der Waals surface area (Å²) in [7, 11) is -2.17. The lowest BCUT2D eigenvalue weighted by atomic mass is 9.97. The number of nitrogens with one attached hydrogen (secondary N) is 1. The van der Waals surface area contributed by atoms with Crippen LogP contribution in [-0.4, -0.2) is 57.9 Å². The number of hydrogen-bond acceptors (Lipinski definition) is 7. The number of thiophene rings is 1. The van der Waals surface area contributed by atoms with Crippen LogP contribution in [0.3, 0.4) is 0 Å². The highest BCUT2D eigenvalue weighted by Gasteiger charge is 2.33. The smallest absolute Gasteiger partial charge is 0.337 e. The normalized spacial score (nSPS) is 18.0. The number of sulfonamides is 1. The first-order valence-corrected chi connectivity index (χ1v) is 13.0. The second-order valence-electron chi connectivity index (χ2n) is 8.02. The van der Waals surface area contributed by atoms with Crippen molar-refractivity contribution in [3.8, 4) is 0 Å². The Balaban J connectivity index is 1.46. The number of ether oxygens (including phenoxy) is 1. The number of esters is 1. The molecule has 1 aromatic carbocycles. The van der Waals surface area contributed by atoms with Gasteiger partial charge in [-0.15, -0.1) is 11.3 Å². The summed E-state index contributed by atoms with van der Waals surface area (Å²) in [6.45, 7) is 2.41. The van der Waals surface area contributed by atoms with Crippen LogP contribution in [0.2, 0.25) is 0 Å². The zero-order valence-corrected chi connectivity index (χ0v) is 19.6. The highest BCUT2D eigenvalue weighted by Crippen LogP contribution is 2.32. The van der Waals surface area contributed by atoms with Gasteiger partial charge in [0, 0.05) is 32.1 Å². The number of nitrogens with zero attached hydrogens (tertiary/aromatic N) is 2. The first-order chi connectivity index (χ1) is 15.4. The summed E-state index contributed by atoms with van der Waals surface area (Å²) in [5.74, 6) is -0.904. The Labute approximate surface area is 192 Å². The Bertz CT molecular complexity index is 1070. The fourth-order valence-corrected chi connectivity index (χ4v) is 6.86. The number of piperidine rings is 1. The molecule has 10 heteroatoms. The van der Waals surface area contributed by atoms with Crippen molar-refractivity contribution in [1.29, 1.82) is 0 Å². The molecule has 0 spiro atoms. The molecule has 1 aromatic heterocycles. The number of rotatable bonds is 6. The second kappa shape index (κ2) is 9.60. The third kappa shape index (κ3) is 4.67. The summed E-state index contributed by atoms with van der Waals surface area (Å²) >= 11 is 1.20. The predicted molar refractivity (Wildman–Crippen MR) is 124 cm³/mol. The maximum atomic E-state index is 13.1. The van der Waals surface area contributed by atoms with Gasteiger partial charge in [0.05, 0.1) is 24.0 Å². The zero-order chi connectivity index (χ0) is 22.7. The minimum Gasteiger partial charge on any atom is -0.465 e. The maximum Gasteiger partial charge on any atom is 0.337 e. The first kappa shape index (κ1) is 22.8. The summed E-state index contributed by atoms with van der Waals surface area (Å²) in [6, 6.07) is 8.55. The molecule has 0 bridgehead atoms. The lowest BCUT2D eigenvalue weighted by Gasteiger charge is -2.30. The summed E-state index contributed by atoms with van der Waals surface area (Å²) in [6.07, 6.45) is 3.07. The predicted octanol–water partition coefficient (Wildman–Crippen LogP) is 3.17. The number of amides is 1. The maximum absolute atomic E-state index is 13.1. The fraction of sp³-hybridized carbons (Fsp3) is 0.455. The average Bonchev–Trinajstić information content (AvgIpc) is 3.53. The molecule has 172 valence electrons. The van der Waals surface area contributed by atoms with Crippen molar-refractivity contribution >= 4 is 44.6 Å². The van der Waals surface area contributed by atoms with Crippen molar-refractivity contribution in [2.75, 3.05) is 43.5 Å². The molecule has 0 atom stereocenters. The largest absolute Gasteiger partial charge is 0.465 e. The van der Waals surface area contributed by atoms with E-state index in [9.17, 15) is 18.0 Å². The van der Waals surface area contributed by atoms with E-state index < -0.39 is 16.0 Å². The van der Waals surface area contributed by atoms with E-state index >= 15 is 0 Å². The van der Waals surface area contributed by atoms with Crippen LogP contribution in [0.1, 0.15) is 36.0 Å². The van der Waals surface area contributed by atoms with Gasteiger partial charge in [0.2, 0.25) is 5.91 Å². The molecule has 2 aliphatic heterocycles. The second-order valence-corrected chi connectivity index (χ2v) is 11.1. The Morgan fingerprint density at radius 2 is 1.81 bits per heavy atom. The molecule has 2 fully saturated rings. The third-order valence-electron chi connectivity index (χ3n) is 6.04. The number of methoxy groups -OCH3 is 1. The number of benzene rings is 1. The Morgan fingerprint density at radius 1 is 1.09 bits per heavy atom. The van der Waals surface area contributed by atoms with E-state index in [1.54, 1.807) is 29.6 Å². The van der Waals surface area contributed by atoms with Crippen LogP contribution in [0, 0.1) is 5.92 Å². The van der Waals surface area contributed by atoms with E-state index in [-0.39, 0.29) is 11.8 Å². The quantitative estimate of drug-likeness (QED) is 0.642. The molecule has 3 heterocycles. The minimum absolute atomic E-state index is 0.152. The molecular weight excluding hydrogens is 450 g/mol. The van der Waals surface area contributed by atoms with Gasteiger partial charge in [0.1, 0.15) is 4.21 Å². The standard InChI is InChI=1S/C22H27N3O5S2/c1-30-22(27)17-6-7-19(24-10-2-3-11-24)18(15-17)23-21(26)16-8-12-25(13-9-16)32(28,29)20-5-4-14-31-20/h4-7,14-16H,2-3,8-13H2,1H3,(H,23,26). The average molecular weight is 478 g/mol. The molecule has 2 aliphatic rings. The van der Waals surface area contributed by atoms with Crippen LogP contribution in [-0.2, 0) is 19.6 Å². The Morgan fingerprint density at radius 3 is 2.44 bits per heavy atom. The molecule has 2 saturated heterocycles. The van der Waals surface area contributed by atoms with Gasteiger partial charge in [0.25, 0.3) is 10.0 Å². The van der Waals surface area contributed by atoms with Gasteiger partial charge in [0.15, 0.2) is 0 Å². The SMILES string of the molecule is COC(=O)c1ccc(N2CCCC2)c(NC(=O)C2CCN(S(=O)(=O)c3cccs3)CC2)c1. The van der Waals surface area contributed by atoms with Crippen LogP contribution in [0.15, 0.2) is 39.9 Å². The number of carbonyl (C=O) groups is 2. The highest BCUT2D eigenvalue weighted by atomic mass is 32.2. The fourth-order valence-electron chi connectivity index (χ4n) is 4.25. The number of carbonyl (C=O) groups excluding carboxylic acids is 2. The zero-order valence-electron chi connectivity index (χ0n) is 18.0. The van der Waals surface area contributed by atoms with Crippen LogP contribution in [0.25, 0.3) is 0 Å². The van der Waals surface area contributed by atoms with Crippen LogP contribution in [0.5, 0.6) is 0 Å². The number of anilines is 2. The lowest BCUT2D eigenvalue weighted by molar-refractivity contribution is -0.120. The Kier molecular flexibility index (Phi) is 6.82. The summed E-state index contributed by atoms with van der Waals surface area (Å²) in [5.41, 5.74) is 1.86. The van der Waals surface area contributed by atoms with Crippen molar-refractivity contribution in [2.45, 2.75) is 29.9 Å². The molecule has 4 rings (SSSR count). The molecule has 8 nitrogen and oxygen atoms in total. The Hall–Kier alpha value is -2.43. The topological polar surface area (TPSA) is 96.0 Å². The van der Waals surface area contributed by atoms with Crippen molar-refractivity contribution in [3.63, 3.8) is 0 Å². The van der Waals surface area contributed by atoms with Gasteiger partial charge >= 0.3 is 5.97 Å². The van der Waals surface area contributed by atoms with Crippen LogP contribution in [0.4, 0.5) is 11.4 Å². The molecule has 0 aliphatic carbocycles. The monoisotopic (exact) mass is 477 g/mol. The van der Waals surface area contributed by atoms with E-state index in [1.807, 2.05) is 6.07 Å². The molecule has 0 radical (unpaired) electrons. The van der Waals surface area contributed by atoms with Crippen molar-refractivity contribution in [2.24, 2.45) is 5.92 Å². The summed E-state index contributed by atoms with van der Waals surface area (Å²) in [5, 5.41) is 4.75. The van der Waals surface area contributed by atoms with E-state index in [0.29, 0.717) is 41.4 Å². The lowest BCUT2D eigenvalue weighted by Crippen LogP contribution is -2.41. The molecular formula is C22H27N3O5S2. The van der Waals surface area contributed by atoms with Crippen molar-refractivity contribution in [3.05, 3.63) is 41.3 Å². The molecule has 32 heavy (non-hydrogen) atoms. The van der Waals surface area contributed by atoms with E-state index in [0.717, 1.165) is 31.6 Å². The van der Waals surface area contributed by atoms with Crippen LogP contribution >= 0.6 is 11.3 Å². The van der Waals surface area contributed by atoms with E-state index in [1.165, 1.54) is 22.8 Å². The highest BCUT2D eigenvalue weighted by molar-refractivity contribution is 7.91.